The van der Waals surface area contributed by atoms with Crippen LogP contribution >= 0.6 is 23.2 Å². The van der Waals surface area contributed by atoms with Gasteiger partial charge in [-0.25, -0.2) is 4.79 Å². The first kappa shape index (κ1) is 22.1. The number of nitrogen functional groups attached to an aromatic ring is 1. The van der Waals surface area contributed by atoms with Gasteiger partial charge in [0.25, 0.3) is 5.91 Å². The molecule has 2 aromatic rings. The molecule has 0 atom stereocenters. The van der Waals surface area contributed by atoms with E-state index in [2.05, 4.69) is 10.2 Å². The number of nitrogens with two attached hydrogens (primary N) is 2. The van der Waals surface area contributed by atoms with E-state index in [0.29, 0.717) is 53.9 Å². The lowest BCUT2D eigenvalue weighted by Crippen LogP contribution is -2.38. The SMILES string of the molecule is NC(=O)N1CCCN(c2ccc(C(=O)NCCc3ccc(Cl)cc3Cl)cc2N)CC1. The largest absolute Gasteiger partial charge is 0.397 e. The van der Waals surface area contributed by atoms with Crippen LogP contribution in [-0.4, -0.2) is 49.6 Å². The van der Waals surface area contributed by atoms with Gasteiger partial charge >= 0.3 is 6.03 Å². The van der Waals surface area contributed by atoms with Gasteiger partial charge in [0.05, 0.1) is 11.4 Å². The maximum atomic E-state index is 12.5. The van der Waals surface area contributed by atoms with E-state index in [-0.39, 0.29) is 5.91 Å². The van der Waals surface area contributed by atoms with Crippen LogP contribution in [0.15, 0.2) is 36.4 Å². The van der Waals surface area contributed by atoms with Crippen molar-refractivity contribution < 1.29 is 9.59 Å². The number of urea groups is 1. The minimum absolute atomic E-state index is 0.200. The van der Waals surface area contributed by atoms with Crippen molar-refractivity contribution in [2.75, 3.05) is 43.4 Å². The van der Waals surface area contributed by atoms with E-state index < -0.39 is 6.03 Å². The molecule has 160 valence electrons. The highest BCUT2D eigenvalue weighted by Crippen LogP contribution is 2.26. The normalized spacial score (nSPS) is 14.3. The van der Waals surface area contributed by atoms with Crippen LogP contribution in [0.1, 0.15) is 22.3 Å². The number of nitrogens with one attached hydrogen (secondary N) is 1. The van der Waals surface area contributed by atoms with Crippen molar-refractivity contribution in [1.29, 1.82) is 0 Å². The van der Waals surface area contributed by atoms with Gasteiger partial charge in [-0.15, -0.1) is 0 Å². The van der Waals surface area contributed by atoms with Crippen molar-refractivity contribution in [3.05, 3.63) is 57.6 Å². The number of nitrogens with zero attached hydrogens (tertiary/aromatic N) is 2. The summed E-state index contributed by atoms with van der Waals surface area (Å²) in [6.07, 6.45) is 1.40. The molecule has 2 aromatic carbocycles. The van der Waals surface area contributed by atoms with Crippen LogP contribution in [0.5, 0.6) is 0 Å². The number of anilines is 2. The number of primary amides is 1. The maximum absolute atomic E-state index is 12.5. The Morgan fingerprint density at radius 3 is 2.53 bits per heavy atom. The number of carbonyl (C=O) groups excluding carboxylic acids is 2. The lowest BCUT2D eigenvalue weighted by atomic mass is 10.1. The molecule has 9 heteroatoms. The molecule has 1 aliphatic heterocycles. The van der Waals surface area contributed by atoms with E-state index in [4.69, 9.17) is 34.7 Å². The third-order valence-corrected chi connectivity index (χ3v) is 5.72. The summed E-state index contributed by atoms with van der Waals surface area (Å²) in [4.78, 5) is 27.6. The minimum atomic E-state index is -0.406. The number of benzene rings is 2. The topological polar surface area (TPSA) is 105 Å². The number of hydrogen-bond acceptors (Lipinski definition) is 4. The summed E-state index contributed by atoms with van der Waals surface area (Å²) in [6.45, 7) is 3.02. The van der Waals surface area contributed by atoms with Crippen LogP contribution in [0.3, 0.4) is 0 Å². The van der Waals surface area contributed by atoms with E-state index in [1.807, 2.05) is 12.1 Å². The third-order valence-electron chi connectivity index (χ3n) is 5.13. The van der Waals surface area contributed by atoms with Crippen molar-refractivity contribution in [3.63, 3.8) is 0 Å². The van der Waals surface area contributed by atoms with Gasteiger partial charge in [-0.05, 0) is 48.7 Å². The highest BCUT2D eigenvalue weighted by atomic mass is 35.5. The molecule has 7 nitrogen and oxygen atoms in total. The summed E-state index contributed by atoms with van der Waals surface area (Å²) in [7, 11) is 0. The number of rotatable bonds is 5. The summed E-state index contributed by atoms with van der Waals surface area (Å²) in [5.41, 5.74) is 14.4. The molecule has 3 amide bonds. The fraction of sp³-hybridized carbons (Fsp3) is 0.333. The molecule has 1 fully saturated rings. The Kier molecular flexibility index (Phi) is 7.29. The summed E-state index contributed by atoms with van der Waals surface area (Å²) >= 11 is 12.1. The highest BCUT2D eigenvalue weighted by Gasteiger charge is 2.19. The van der Waals surface area contributed by atoms with Gasteiger partial charge in [0.1, 0.15) is 0 Å². The summed E-state index contributed by atoms with van der Waals surface area (Å²) < 4.78 is 0. The van der Waals surface area contributed by atoms with Crippen molar-refractivity contribution in [1.82, 2.24) is 10.2 Å². The number of carbonyl (C=O) groups is 2. The van der Waals surface area contributed by atoms with Crippen LogP contribution in [0, 0.1) is 0 Å². The lowest BCUT2D eigenvalue weighted by molar-refractivity contribution is 0.0954. The Hall–Kier alpha value is -2.64. The van der Waals surface area contributed by atoms with Crippen LogP contribution in [0.4, 0.5) is 16.2 Å². The highest BCUT2D eigenvalue weighted by molar-refractivity contribution is 6.35. The Morgan fingerprint density at radius 1 is 1.03 bits per heavy atom. The van der Waals surface area contributed by atoms with E-state index in [1.54, 1.807) is 29.2 Å². The predicted molar refractivity (Wildman–Crippen MR) is 121 cm³/mol. The Morgan fingerprint density at radius 2 is 1.83 bits per heavy atom. The lowest BCUT2D eigenvalue weighted by Gasteiger charge is -2.25. The van der Waals surface area contributed by atoms with Gasteiger partial charge in [0, 0.05) is 48.3 Å². The van der Waals surface area contributed by atoms with Crippen molar-refractivity contribution in [2.24, 2.45) is 5.73 Å². The van der Waals surface area contributed by atoms with Gasteiger partial charge in [-0.3, -0.25) is 4.79 Å². The van der Waals surface area contributed by atoms with E-state index in [1.165, 1.54) is 0 Å². The standard InChI is InChI=1S/C21H25Cl2N5O2/c22-16-4-2-14(17(23)13-16)6-7-26-20(29)15-3-5-19(18(24)12-15)27-8-1-9-28(11-10-27)21(25)30/h2-5,12-13H,1,6-11,24H2,(H2,25,30)(H,26,29). The molecule has 3 rings (SSSR count). The first-order chi connectivity index (χ1) is 14.3. The fourth-order valence-electron chi connectivity index (χ4n) is 3.50. The molecule has 0 aliphatic carbocycles. The number of hydrogen-bond donors (Lipinski definition) is 3. The van der Waals surface area contributed by atoms with Crippen LogP contribution in [-0.2, 0) is 6.42 Å². The quantitative estimate of drug-likeness (QED) is 0.609. The summed E-state index contributed by atoms with van der Waals surface area (Å²) in [5, 5.41) is 4.05. The second-order valence-corrected chi connectivity index (χ2v) is 8.02. The predicted octanol–water partition coefficient (Wildman–Crippen LogP) is 3.14. The van der Waals surface area contributed by atoms with Crippen LogP contribution < -0.4 is 21.7 Å². The molecule has 0 spiro atoms. The zero-order valence-corrected chi connectivity index (χ0v) is 18.0. The van der Waals surface area contributed by atoms with Gasteiger partial charge in [0.15, 0.2) is 0 Å². The molecule has 1 aliphatic rings. The van der Waals surface area contributed by atoms with E-state index >= 15 is 0 Å². The maximum Gasteiger partial charge on any atom is 0.314 e. The molecule has 30 heavy (non-hydrogen) atoms. The molecule has 1 saturated heterocycles. The van der Waals surface area contributed by atoms with Gasteiger partial charge in [0.2, 0.25) is 0 Å². The average molecular weight is 450 g/mol. The monoisotopic (exact) mass is 449 g/mol. The second kappa shape index (κ2) is 9.91. The van der Waals surface area contributed by atoms with Crippen molar-refractivity contribution in [3.8, 4) is 0 Å². The molecule has 1 heterocycles. The molecule has 0 aromatic heterocycles. The molecule has 5 N–H and O–H groups in total. The van der Waals surface area contributed by atoms with Gasteiger partial charge < -0.3 is 26.6 Å². The molecule has 0 radical (unpaired) electrons. The first-order valence-electron chi connectivity index (χ1n) is 9.76. The molecule has 0 unspecified atom stereocenters. The third kappa shape index (κ3) is 5.49. The molecule has 0 bridgehead atoms. The fourth-order valence-corrected chi connectivity index (χ4v) is 4.00. The van der Waals surface area contributed by atoms with Crippen LogP contribution in [0.25, 0.3) is 0 Å². The summed E-state index contributed by atoms with van der Waals surface area (Å²) in [6, 6.07) is 10.2. The zero-order valence-electron chi connectivity index (χ0n) is 16.5. The van der Waals surface area contributed by atoms with E-state index in [0.717, 1.165) is 24.2 Å². The van der Waals surface area contributed by atoms with Crippen LogP contribution in [0.2, 0.25) is 10.0 Å². The van der Waals surface area contributed by atoms with Gasteiger partial charge in [-0.2, -0.15) is 0 Å². The molecular weight excluding hydrogens is 425 g/mol. The molecule has 0 saturated carbocycles. The summed E-state index contributed by atoms with van der Waals surface area (Å²) in [5.74, 6) is -0.200. The Labute approximate surface area is 185 Å². The van der Waals surface area contributed by atoms with Gasteiger partial charge in [-0.1, -0.05) is 29.3 Å². The van der Waals surface area contributed by atoms with Crippen molar-refractivity contribution in [2.45, 2.75) is 12.8 Å². The Balaban J connectivity index is 1.59. The average Bonchev–Trinajstić information content (AvgIpc) is 2.96. The zero-order chi connectivity index (χ0) is 21.7. The second-order valence-electron chi connectivity index (χ2n) is 7.18. The van der Waals surface area contributed by atoms with Crippen molar-refractivity contribution >= 4 is 46.5 Å². The smallest absolute Gasteiger partial charge is 0.314 e. The molecular formula is C21H25Cl2N5O2. The first-order valence-corrected chi connectivity index (χ1v) is 10.5. The number of amides is 3. The minimum Gasteiger partial charge on any atom is -0.397 e. The van der Waals surface area contributed by atoms with E-state index in [9.17, 15) is 9.59 Å². The Bertz CT molecular complexity index is 938. The number of halogens is 2.